The van der Waals surface area contributed by atoms with Crippen molar-refractivity contribution in [1.82, 2.24) is 10.6 Å². The van der Waals surface area contributed by atoms with E-state index in [1.807, 2.05) is 6.92 Å². The van der Waals surface area contributed by atoms with Crippen LogP contribution in [0.4, 0.5) is 0 Å². The molecule has 4 nitrogen and oxygen atoms in total. The molecular formula is C19H30BrN3O. The minimum absolute atomic E-state index is 0.237. The fraction of sp³-hybridized carbons (Fsp3) is 0.632. The summed E-state index contributed by atoms with van der Waals surface area (Å²) in [6.07, 6.45) is 4.63. The second-order valence-corrected chi connectivity index (χ2v) is 7.23. The highest BCUT2D eigenvalue weighted by atomic mass is 79.9. The van der Waals surface area contributed by atoms with Gasteiger partial charge in [-0.05, 0) is 57.2 Å². The summed E-state index contributed by atoms with van der Waals surface area (Å²) in [4.78, 5) is 4.84. The largest absolute Gasteiger partial charge is 0.382 e. The monoisotopic (exact) mass is 395 g/mol. The molecule has 1 fully saturated rings. The summed E-state index contributed by atoms with van der Waals surface area (Å²) < 4.78 is 6.52. The van der Waals surface area contributed by atoms with Gasteiger partial charge in [-0.15, -0.1) is 0 Å². The first-order chi connectivity index (χ1) is 11.7. The summed E-state index contributed by atoms with van der Waals surface area (Å²) in [5.41, 5.74) is 1.63. The lowest BCUT2D eigenvalue weighted by atomic mass is 9.96. The Morgan fingerprint density at radius 1 is 1.25 bits per heavy atom. The van der Waals surface area contributed by atoms with E-state index in [4.69, 9.17) is 9.73 Å². The standard InChI is InChI=1S/C19H30BrN3O/c1-3-21-18(22-12-5-6-13-24-4-2)23-15-19(10-11-19)16-8-7-9-17(20)14-16/h7-9,14H,3-6,10-13,15H2,1-2H3,(H2,21,22,23). The number of halogens is 1. The van der Waals surface area contributed by atoms with Crippen molar-refractivity contribution in [3.8, 4) is 0 Å². The van der Waals surface area contributed by atoms with Crippen molar-refractivity contribution in [2.45, 2.75) is 44.9 Å². The second-order valence-electron chi connectivity index (χ2n) is 6.32. The summed E-state index contributed by atoms with van der Waals surface area (Å²) >= 11 is 3.58. The van der Waals surface area contributed by atoms with Crippen LogP contribution in [0.5, 0.6) is 0 Å². The number of nitrogens with zero attached hydrogens (tertiary/aromatic N) is 1. The molecule has 0 aliphatic heterocycles. The highest BCUT2D eigenvalue weighted by Gasteiger charge is 2.44. The smallest absolute Gasteiger partial charge is 0.191 e. The van der Waals surface area contributed by atoms with Gasteiger partial charge in [-0.3, -0.25) is 4.99 Å². The van der Waals surface area contributed by atoms with Crippen molar-refractivity contribution in [2.75, 3.05) is 32.8 Å². The molecule has 0 heterocycles. The minimum atomic E-state index is 0.237. The maximum atomic E-state index is 5.37. The summed E-state index contributed by atoms with van der Waals surface area (Å²) in [6, 6.07) is 8.65. The van der Waals surface area contributed by atoms with E-state index in [9.17, 15) is 0 Å². The normalized spacial score (nSPS) is 16.0. The number of aliphatic imine (C=N–C) groups is 1. The first-order valence-electron chi connectivity index (χ1n) is 9.06. The van der Waals surface area contributed by atoms with E-state index in [-0.39, 0.29) is 5.41 Å². The van der Waals surface area contributed by atoms with Gasteiger partial charge >= 0.3 is 0 Å². The molecule has 0 unspecified atom stereocenters. The van der Waals surface area contributed by atoms with Gasteiger partial charge in [0.1, 0.15) is 0 Å². The summed E-state index contributed by atoms with van der Waals surface area (Å²) in [5.74, 6) is 0.926. The molecule has 134 valence electrons. The third kappa shape index (κ3) is 6.10. The maximum Gasteiger partial charge on any atom is 0.191 e. The Labute approximate surface area is 154 Å². The van der Waals surface area contributed by atoms with Gasteiger partial charge in [-0.25, -0.2) is 0 Å². The van der Waals surface area contributed by atoms with Gasteiger partial charge in [-0.1, -0.05) is 28.1 Å². The fourth-order valence-corrected chi connectivity index (χ4v) is 3.16. The van der Waals surface area contributed by atoms with Crippen LogP contribution in [0.1, 0.15) is 45.1 Å². The van der Waals surface area contributed by atoms with E-state index >= 15 is 0 Å². The van der Waals surface area contributed by atoms with Crippen LogP contribution in [0.25, 0.3) is 0 Å². The highest BCUT2D eigenvalue weighted by Crippen LogP contribution is 2.48. The second kappa shape index (κ2) is 10.0. The van der Waals surface area contributed by atoms with Crippen LogP contribution in [0.2, 0.25) is 0 Å². The molecule has 2 rings (SSSR count). The number of benzene rings is 1. The topological polar surface area (TPSA) is 45.7 Å². The first-order valence-corrected chi connectivity index (χ1v) is 9.85. The van der Waals surface area contributed by atoms with Gasteiger partial charge in [-0.2, -0.15) is 0 Å². The van der Waals surface area contributed by atoms with Crippen molar-refractivity contribution in [1.29, 1.82) is 0 Å². The van der Waals surface area contributed by atoms with Gasteiger partial charge in [0.25, 0.3) is 0 Å². The third-order valence-corrected chi connectivity index (χ3v) is 4.88. The number of nitrogens with one attached hydrogen (secondary N) is 2. The Kier molecular flexibility index (Phi) is 8.06. The van der Waals surface area contributed by atoms with Crippen molar-refractivity contribution < 1.29 is 4.74 Å². The molecule has 0 saturated heterocycles. The zero-order chi connectivity index (χ0) is 17.3. The quantitative estimate of drug-likeness (QED) is 0.359. The molecule has 0 bridgehead atoms. The molecule has 0 radical (unpaired) electrons. The molecule has 5 heteroatoms. The molecule has 1 aromatic rings. The number of hydrogen-bond acceptors (Lipinski definition) is 2. The van der Waals surface area contributed by atoms with Gasteiger partial charge < -0.3 is 15.4 Å². The number of ether oxygens (including phenoxy) is 1. The zero-order valence-electron chi connectivity index (χ0n) is 14.9. The molecular weight excluding hydrogens is 366 g/mol. The summed E-state index contributed by atoms with van der Waals surface area (Å²) in [6.45, 7) is 8.45. The average molecular weight is 396 g/mol. The number of unbranched alkanes of at least 4 members (excludes halogenated alkanes) is 1. The lowest BCUT2D eigenvalue weighted by Gasteiger charge is -2.16. The zero-order valence-corrected chi connectivity index (χ0v) is 16.5. The lowest BCUT2D eigenvalue weighted by Crippen LogP contribution is -2.38. The molecule has 0 atom stereocenters. The van der Waals surface area contributed by atoms with E-state index in [1.54, 1.807) is 0 Å². The lowest BCUT2D eigenvalue weighted by molar-refractivity contribution is 0.143. The Morgan fingerprint density at radius 2 is 2.08 bits per heavy atom. The Morgan fingerprint density at radius 3 is 2.75 bits per heavy atom. The highest BCUT2D eigenvalue weighted by molar-refractivity contribution is 9.10. The minimum Gasteiger partial charge on any atom is -0.382 e. The first kappa shape index (κ1) is 19.3. The van der Waals surface area contributed by atoms with Crippen molar-refractivity contribution in [3.63, 3.8) is 0 Å². The Bertz CT molecular complexity index is 529. The van der Waals surface area contributed by atoms with Crippen molar-refractivity contribution >= 4 is 21.9 Å². The molecule has 2 N–H and O–H groups in total. The predicted octanol–water partition coefficient (Wildman–Crippen LogP) is 3.85. The van der Waals surface area contributed by atoms with Crippen LogP contribution < -0.4 is 10.6 Å². The van der Waals surface area contributed by atoms with Gasteiger partial charge in [0.2, 0.25) is 0 Å². The van der Waals surface area contributed by atoms with Crippen LogP contribution in [0, 0.1) is 0 Å². The van der Waals surface area contributed by atoms with E-state index in [1.165, 1.54) is 18.4 Å². The van der Waals surface area contributed by atoms with Gasteiger partial charge in [0, 0.05) is 36.2 Å². The number of guanidine groups is 1. The molecule has 1 aliphatic carbocycles. The van der Waals surface area contributed by atoms with E-state index in [0.29, 0.717) is 0 Å². The predicted molar refractivity (Wildman–Crippen MR) is 105 cm³/mol. The molecule has 0 spiro atoms. The van der Waals surface area contributed by atoms with Crippen LogP contribution >= 0.6 is 15.9 Å². The van der Waals surface area contributed by atoms with Crippen LogP contribution in [0.15, 0.2) is 33.7 Å². The summed E-state index contributed by atoms with van der Waals surface area (Å²) in [5, 5.41) is 6.78. The fourth-order valence-electron chi connectivity index (χ4n) is 2.76. The molecule has 1 saturated carbocycles. The maximum absolute atomic E-state index is 5.37. The van der Waals surface area contributed by atoms with Crippen molar-refractivity contribution in [3.05, 3.63) is 34.3 Å². The van der Waals surface area contributed by atoms with Gasteiger partial charge in [0.05, 0.1) is 6.54 Å². The Hall–Kier alpha value is -1.07. The molecule has 1 aromatic carbocycles. The molecule has 0 aromatic heterocycles. The van der Waals surface area contributed by atoms with Crippen molar-refractivity contribution in [2.24, 2.45) is 4.99 Å². The van der Waals surface area contributed by atoms with E-state index in [0.717, 1.165) is 56.1 Å². The third-order valence-electron chi connectivity index (χ3n) is 4.39. The summed E-state index contributed by atoms with van der Waals surface area (Å²) in [7, 11) is 0. The number of hydrogen-bond donors (Lipinski definition) is 2. The van der Waals surface area contributed by atoms with E-state index < -0.39 is 0 Å². The van der Waals surface area contributed by atoms with Crippen LogP contribution in [-0.2, 0) is 10.2 Å². The SMILES string of the molecule is CCNC(=NCC1(c2cccc(Br)c2)CC1)NCCCCOCC. The van der Waals surface area contributed by atoms with Crippen LogP contribution in [0.3, 0.4) is 0 Å². The van der Waals surface area contributed by atoms with Gasteiger partial charge in [0.15, 0.2) is 5.96 Å². The molecule has 1 aliphatic rings. The van der Waals surface area contributed by atoms with Crippen LogP contribution in [-0.4, -0.2) is 38.8 Å². The molecule has 24 heavy (non-hydrogen) atoms. The van der Waals surface area contributed by atoms with E-state index in [2.05, 4.69) is 57.8 Å². The number of rotatable bonds is 10. The molecule has 0 amide bonds. The average Bonchev–Trinajstić information content (AvgIpc) is 3.37. The Balaban J connectivity index is 1.84.